The Morgan fingerprint density at radius 3 is 2.63 bits per heavy atom. The number of nitrogens with one attached hydrogen (secondary N) is 1. The molecule has 1 aromatic rings. The van der Waals surface area contributed by atoms with Crippen molar-refractivity contribution in [2.75, 3.05) is 14.2 Å². The van der Waals surface area contributed by atoms with Gasteiger partial charge in [0.2, 0.25) is 0 Å². The zero-order valence-corrected chi connectivity index (χ0v) is 11.0. The number of oxime groups is 1. The predicted octanol–water partition coefficient (Wildman–Crippen LogP) is 0.569. The van der Waals surface area contributed by atoms with Gasteiger partial charge in [-0.2, -0.15) is 0 Å². The fourth-order valence-electron chi connectivity index (χ4n) is 1.43. The average molecular weight is 267 g/mol. The highest BCUT2D eigenvalue weighted by molar-refractivity contribution is 6.00. The van der Waals surface area contributed by atoms with Gasteiger partial charge in [-0.25, -0.2) is 0 Å². The molecular weight excluding hydrogens is 250 g/mol. The fraction of sp³-hybridized carbons (Fsp3) is 0.333. The maximum Gasteiger partial charge on any atom is 0.255 e. The van der Waals surface area contributed by atoms with Crippen molar-refractivity contribution in [2.45, 2.75) is 13.0 Å². The smallest absolute Gasteiger partial charge is 0.255 e. The van der Waals surface area contributed by atoms with E-state index >= 15 is 0 Å². The third-order valence-electron chi connectivity index (χ3n) is 2.56. The summed E-state index contributed by atoms with van der Waals surface area (Å²) in [7, 11) is 2.97. The fourth-order valence-corrected chi connectivity index (χ4v) is 1.43. The maximum absolute atomic E-state index is 12.1. The molecule has 7 heteroatoms. The van der Waals surface area contributed by atoms with Crippen LogP contribution in [0.5, 0.6) is 11.5 Å². The number of amides is 1. The summed E-state index contributed by atoms with van der Waals surface area (Å²) in [5.74, 6) is 0.442. The van der Waals surface area contributed by atoms with Gasteiger partial charge in [0.15, 0.2) is 5.84 Å². The van der Waals surface area contributed by atoms with E-state index < -0.39 is 11.9 Å². The summed E-state index contributed by atoms with van der Waals surface area (Å²) >= 11 is 0. The molecule has 0 radical (unpaired) electrons. The largest absolute Gasteiger partial charge is 0.497 e. The zero-order valence-electron chi connectivity index (χ0n) is 11.0. The molecule has 1 unspecified atom stereocenters. The first kappa shape index (κ1) is 14.6. The van der Waals surface area contributed by atoms with Gasteiger partial charge in [-0.15, -0.1) is 0 Å². The van der Waals surface area contributed by atoms with E-state index in [0.717, 1.165) is 0 Å². The number of carbonyl (C=O) groups excluding carboxylic acids is 1. The standard InChI is InChI=1S/C12H17N3O4/c1-7(11(13)15-17)14-12(16)9-6-8(18-2)4-5-10(9)19-3/h4-7,17H,1-3H3,(H2,13,15)(H,14,16). The molecule has 4 N–H and O–H groups in total. The second-order valence-electron chi connectivity index (χ2n) is 3.79. The van der Waals surface area contributed by atoms with Crippen LogP contribution >= 0.6 is 0 Å². The number of amidine groups is 1. The van der Waals surface area contributed by atoms with Crippen molar-refractivity contribution in [2.24, 2.45) is 10.9 Å². The first-order valence-electron chi connectivity index (χ1n) is 5.53. The number of ether oxygens (including phenoxy) is 2. The number of nitrogens with zero attached hydrogens (tertiary/aromatic N) is 1. The van der Waals surface area contributed by atoms with Crippen molar-refractivity contribution in [3.63, 3.8) is 0 Å². The van der Waals surface area contributed by atoms with Crippen LogP contribution in [0.2, 0.25) is 0 Å². The maximum atomic E-state index is 12.1. The number of hydrogen-bond acceptors (Lipinski definition) is 5. The van der Waals surface area contributed by atoms with Crippen molar-refractivity contribution in [3.05, 3.63) is 23.8 Å². The summed E-state index contributed by atoms with van der Waals surface area (Å²) in [6.07, 6.45) is 0. The molecule has 0 aliphatic rings. The molecule has 0 bridgehead atoms. The van der Waals surface area contributed by atoms with Crippen LogP contribution < -0.4 is 20.5 Å². The van der Waals surface area contributed by atoms with Crippen LogP contribution in [0.1, 0.15) is 17.3 Å². The molecule has 1 atom stereocenters. The molecule has 0 aliphatic carbocycles. The number of rotatable bonds is 5. The van der Waals surface area contributed by atoms with Crippen molar-refractivity contribution in [1.29, 1.82) is 0 Å². The Balaban J connectivity index is 2.98. The molecule has 7 nitrogen and oxygen atoms in total. The molecule has 1 rings (SSSR count). The summed E-state index contributed by atoms with van der Waals surface area (Å²) in [5, 5.41) is 14.0. The topological polar surface area (TPSA) is 106 Å². The minimum Gasteiger partial charge on any atom is -0.497 e. The Morgan fingerprint density at radius 2 is 2.11 bits per heavy atom. The van der Waals surface area contributed by atoms with Crippen LogP contribution in [-0.2, 0) is 0 Å². The van der Waals surface area contributed by atoms with Gasteiger partial charge in [0.1, 0.15) is 11.5 Å². The van der Waals surface area contributed by atoms with Gasteiger partial charge in [-0.1, -0.05) is 5.16 Å². The van der Waals surface area contributed by atoms with Crippen LogP contribution in [0.15, 0.2) is 23.4 Å². The highest BCUT2D eigenvalue weighted by Crippen LogP contribution is 2.23. The molecule has 1 aromatic carbocycles. The van der Waals surface area contributed by atoms with Gasteiger partial charge in [0.05, 0.1) is 25.8 Å². The summed E-state index contributed by atoms with van der Waals surface area (Å²) in [4.78, 5) is 12.1. The van der Waals surface area contributed by atoms with Crippen molar-refractivity contribution < 1.29 is 19.5 Å². The molecule has 19 heavy (non-hydrogen) atoms. The molecule has 104 valence electrons. The van der Waals surface area contributed by atoms with Gasteiger partial charge >= 0.3 is 0 Å². The first-order valence-corrected chi connectivity index (χ1v) is 5.53. The Kier molecular flexibility index (Phi) is 4.99. The number of carbonyl (C=O) groups is 1. The van der Waals surface area contributed by atoms with E-state index in [0.29, 0.717) is 17.1 Å². The van der Waals surface area contributed by atoms with Crippen LogP contribution in [-0.4, -0.2) is 37.2 Å². The van der Waals surface area contributed by atoms with Crippen LogP contribution in [0.25, 0.3) is 0 Å². The Bertz CT molecular complexity index is 488. The van der Waals surface area contributed by atoms with Gasteiger partial charge in [0, 0.05) is 0 Å². The summed E-state index contributed by atoms with van der Waals surface area (Å²) < 4.78 is 10.2. The van der Waals surface area contributed by atoms with Gasteiger partial charge in [-0.05, 0) is 25.1 Å². The van der Waals surface area contributed by atoms with Crippen molar-refractivity contribution >= 4 is 11.7 Å². The highest BCUT2D eigenvalue weighted by atomic mass is 16.5. The molecule has 0 saturated carbocycles. The van der Waals surface area contributed by atoms with E-state index in [1.165, 1.54) is 14.2 Å². The Hall–Kier alpha value is -2.44. The minimum atomic E-state index is -0.603. The molecule has 0 heterocycles. The number of hydrogen-bond donors (Lipinski definition) is 3. The second-order valence-corrected chi connectivity index (χ2v) is 3.79. The Morgan fingerprint density at radius 1 is 1.42 bits per heavy atom. The SMILES string of the molecule is COc1ccc(OC)c(C(=O)NC(C)C(N)=NO)c1. The third-order valence-corrected chi connectivity index (χ3v) is 2.56. The number of methoxy groups -OCH3 is 2. The second kappa shape index (κ2) is 6.48. The molecular formula is C12H17N3O4. The van der Waals surface area contributed by atoms with Crippen LogP contribution in [0, 0.1) is 0 Å². The zero-order chi connectivity index (χ0) is 14.4. The molecule has 0 saturated heterocycles. The predicted molar refractivity (Wildman–Crippen MR) is 69.9 cm³/mol. The van der Waals surface area contributed by atoms with Crippen LogP contribution in [0.3, 0.4) is 0 Å². The molecule has 1 amide bonds. The lowest BCUT2D eigenvalue weighted by Crippen LogP contribution is -2.42. The van der Waals surface area contributed by atoms with E-state index in [1.54, 1.807) is 25.1 Å². The van der Waals surface area contributed by atoms with Crippen molar-refractivity contribution in [1.82, 2.24) is 5.32 Å². The van der Waals surface area contributed by atoms with Crippen molar-refractivity contribution in [3.8, 4) is 11.5 Å². The van der Waals surface area contributed by atoms with E-state index in [2.05, 4.69) is 10.5 Å². The minimum absolute atomic E-state index is 0.0878. The normalized spacial score (nSPS) is 12.7. The van der Waals surface area contributed by atoms with Crippen LogP contribution in [0.4, 0.5) is 0 Å². The lowest BCUT2D eigenvalue weighted by Gasteiger charge is -2.14. The quantitative estimate of drug-likeness (QED) is 0.313. The van der Waals surface area contributed by atoms with E-state index in [9.17, 15) is 4.79 Å². The van der Waals surface area contributed by atoms with Gasteiger partial charge in [-0.3, -0.25) is 4.79 Å². The molecule has 0 spiro atoms. The first-order chi connectivity index (χ1) is 9.03. The lowest BCUT2D eigenvalue weighted by molar-refractivity contribution is 0.0945. The molecule has 0 fully saturated rings. The number of nitrogens with two attached hydrogens (primary N) is 1. The summed E-state index contributed by atoms with van der Waals surface area (Å²) in [6, 6.07) is 4.26. The summed E-state index contributed by atoms with van der Waals surface area (Å²) in [5.41, 5.74) is 5.70. The molecule has 0 aromatic heterocycles. The average Bonchev–Trinajstić information content (AvgIpc) is 2.45. The van der Waals surface area contributed by atoms with E-state index in [1.807, 2.05) is 0 Å². The highest BCUT2D eigenvalue weighted by Gasteiger charge is 2.17. The third kappa shape index (κ3) is 3.51. The monoisotopic (exact) mass is 267 g/mol. The van der Waals surface area contributed by atoms with Gasteiger partial charge < -0.3 is 25.7 Å². The van der Waals surface area contributed by atoms with Gasteiger partial charge in [0.25, 0.3) is 5.91 Å². The van der Waals surface area contributed by atoms with E-state index in [-0.39, 0.29) is 5.84 Å². The van der Waals surface area contributed by atoms with E-state index in [4.69, 9.17) is 20.4 Å². The molecule has 0 aliphatic heterocycles. The lowest BCUT2D eigenvalue weighted by atomic mass is 10.1. The Labute approximate surface area is 111 Å². The summed E-state index contributed by atoms with van der Waals surface area (Å²) in [6.45, 7) is 1.60. The number of benzene rings is 1.